The van der Waals surface area contributed by atoms with Crippen LogP contribution in [0.25, 0.3) is 0 Å². The van der Waals surface area contributed by atoms with Crippen LogP contribution in [0.2, 0.25) is 19.6 Å². The van der Waals surface area contributed by atoms with Gasteiger partial charge in [-0.15, -0.1) is 6.58 Å². The molecule has 1 atom stereocenters. The fraction of sp³-hybridized carbons (Fsp3) is 0.385. The molecule has 0 aliphatic carbocycles. The second-order valence-electron chi connectivity index (χ2n) is 4.82. The topological polar surface area (TPSA) is 9.23 Å². The van der Waals surface area contributed by atoms with E-state index in [1.54, 1.807) is 0 Å². The molecular formula is C13H20OSi. The minimum absolute atomic E-state index is 0.234. The third kappa shape index (κ3) is 4.02. The number of ether oxygens (including phenoxy) is 1. The van der Waals surface area contributed by atoms with Crippen LogP contribution < -0.4 is 0 Å². The average molecular weight is 220 g/mol. The van der Waals surface area contributed by atoms with Gasteiger partial charge in [-0.25, -0.2) is 0 Å². The van der Waals surface area contributed by atoms with E-state index in [1.165, 1.54) is 5.56 Å². The number of rotatable bonds is 5. The zero-order valence-electron chi connectivity index (χ0n) is 9.86. The molecule has 0 radical (unpaired) electrons. The second-order valence-corrected chi connectivity index (χ2v) is 10.1. The summed E-state index contributed by atoms with van der Waals surface area (Å²) in [5.41, 5.74) is 1.46. The molecule has 1 unspecified atom stereocenters. The van der Waals surface area contributed by atoms with E-state index < -0.39 is 8.07 Å². The van der Waals surface area contributed by atoms with Crippen LogP contribution in [0.3, 0.4) is 0 Å². The Bertz CT molecular complexity index is 300. The van der Waals surface area contributed by atoms with Gasteiger partial charge >= 0.3 is 0 Å². The van der Waals surface area contributed by atoms with Gasteiger partial charge in [-0.05, 0) is 5.56 Å². The van der Waals surface area contributed by atoms with E-state index in [0.717, 1.165) is 0 Å². The fourth-order valence-corrected chi connectivity index (χ4v) is 2.72. The van der Waals surface area contributed by atoms with Gasteiger partial charge in [0.2, 0.25) is 0 Å². The Balaban J connectivity index is 2.52. The van der Waals surface area contributed by atoms with Crippen LogP contribution in [0.15, 0.2) is 43.0 Å². The normalized spacial score (nSPS) is 13.5. The fourth-order valence-electron chi connectivity index (χ4n) is 1.43. The highest BCUT2D eigenvalue weighted by Gasteiger charge is 2.24. The predicted molar refractivity (Wildman–Crippen MR) is 68.6 cm³/mol. The maximum absolute atomic E-state index is 5.89. The average Bonchev–Trinajstić information content (AvgIpc) is 2.18. The van der Waals surface area contributed by atoms with Crippen LogP contribution >= 0.6 is 0 Å². The lowest BCUT2D eigenvalue weighted by molar-refractivity contribution is 0.115. The summed E-state index contributed by atoms with van der Waals surface area (Å²) >= 11 is 0. The predicted octanol–water partition coefficient (Wildman–Crippen LogP) is 3.64. The molecule has 0 spiro atoms. The minimum atomic E-state index is -1.28. The van der Waals surface area contributed by atoms with Crippen molar-refractivity contribution >= 4 is 8.07 Å². The molecule has 0 N–H and O–H groups in total. The monoisotopic (exact) mass is 220 g/mol. The van der Waals surface area contributed by atoms with E-state index in [9.17, 15) is 0 Å². The lowest BCUT2D eigenvalue weighted by Gasteiger charge is -2.26. The van der Waals surface area contributed by atoms with Gasteiger partial charge in [0.1, 0.15) is 0 Å². The van der Waals surface area contributed by atoms with Gasteiger partial charge in [-0.2, -0.15) is 0 Å². The first kappa shape index (κ1) is 12.2. The van der Waals surface area contributed by atoms with Crippen molar-refractivity contribution in [3.05, 3.63) is 48.6 Å². The van der Waals surface area contributed by atoms with Gasteiger partial charge in [0.05, 0.1) is 20.4 Å². The highest BCUT2D eigenvalue weighted by molar-refractivity contribution is 6.77. The molecule has 82 valence electrons. The van der Waals surface area contributed by atoms with E-state index in [0.29, 0.717) is 6.61 Å². The molecule has 0 aliphatic heterocycles. The molecule has 1 nitrogen and oxygen atoms in total. The Morgan fingerprint density at radius 3 is 2.33 bits per heavy atom. The minimum Gasteiger partial charge on any atom is -0.373 e. The van der Waals surface area contributed by atoms with Gasteiger partial charge < -0.3 is 4.74 Å². The summed E-state index contributed by atoms with van der Waals surface area (Å²) < 4.78 is 5.89. The summed E-state index contributed by atoms with van der Waals surface area (Å²) in [7, 11) is -1.28. The number of hydrogen-bond donors (Lipinski definition) is 0. The van der Waals surface area contributed by atoms with Crippen LogP contribution in [0, 0.1) is 0 Å². The van der Waals surface area contributed by atoms with Crippen molar-refractivity contribution in [3.8, 4) is 0 Å². The van der Waals surface area contributed by atoms with Crippen molar-refractivity contribution in [1.29, 1.82) is 0 Å². The van der Waals surface area contributed by atoms with Gasteiger partial charge in [-0.3, -0.25) is 0 Å². The molecule has 0 saturated heterocycles. The van der Waals surface area contributed by atoms with Crippen molar-refractivity contribution in [2.45, 2.75) is 32.0 Å². The highest BCUT2D eigenvalue weighted by Crippen LogP contribution is 2.14. The van der Waals surface area contributed by atoms with E-state index in [4.69, 9.17) is 4.74 Å². The van der Waals surface area contributed by atoms with Crippen LogP contribution in [-0.2, 0) is 11.3 Å². The zero-order chi connectivity index (χ0) is 11.3. The molecule has 0 amide bonds. The quantitative estimate of drug-likeness (QED) is 0.544. The Hall–Kier alpha value is -0.863. The number of benzene rings is 1. The van der Waals surface area contributed by atoms with Gasteiger partial charge in [0.25, 0.3) is 0 Å². The van der Waals surface area contributed by atoms with E-state index in [-0.39, 0.29) is 5.73 Å². The molecule has 2 heteroatoms. The Labute approximate surface area is 93.8 Å². The van der Waals surface area contributed by atoms with Crippen molar-refractivity contribution in [2.75, 3.05) is 0 Å². The summed E-state index contributed by atoms with van der Waals surface area (Å²) in [4.78, 5) is 0. The summed E-state index contributed by atoms with van der Waals surface area (Å²) in [6, 6.07) is 10.3. The van der Waals surface area contributed by atoms with Crippen LogP contribution in [0.1, 0.15) is 5.56 Å². The summed E-state index contributed by atoms with van der Waals surface area (Å²) in [6.45, 7) is 11.4. The SMILES string of the molecule is C=CC(OCc1ccccc1)[Si](C)(C)C. The van der Waals surface area contributed by atoms with E-state index in [1.807, 2.05) is 24.3 Å². The van der Waals surface area contributed by atoms with Crippen LogP contribution in [0.5, 0.6) is 0 Å². The third-order valence-electron chi connectivity index (χ3n) is 2.34. The van der Waals surface area contributed by atoms with Crippen molar-refractivity contribution in [2.24, 2.45) is 0 Å². The largest absolute Gasteiger partial charge is 0.373 e. The highest BCUT2D eigenvalue weighted by atomic mass is 28.3. The van der Waals surface area contributed by atoms with Gasteiger partial charge in [0.15, 0.2) is 0 Å². The van der Waals surface area contributed by atoms with Crippen molar-refractivity contribution in [1.82, 2.24) is 0 Å². The van der Waals surface area contributed by atoms with Crippen LogP contribution in [0.4, 0.5) is 0 Å². The lowest BCUT2D eigenvalue weighted by Crippen LogP contribution is -2.38. The van der Waals surface area contributed by atoms with E-state index >= 15 is 0 Å². The summed E-state index contributed by atoms with van der Waals surface area (Å²) in [5.74, 6) is 0. The zero-order valence-corrected chi connectivity index (χ0v) is 10.9. The Morgan fingerprint density at radius 2 is 1.87 bits per heavy atom. The molecule has 0 saturated carbocycles. The maximum Gasteiger partial charge on any atom is 0.0834 e. The molecule has 0 heterocycles. The van der Waals surface area contributed by atoms with Crippen LogP contribution in [-0.4, -0.2) is 13.8 Å². The summed E-state index contributed by atoms with van der Waals surface area (Å²) in [6.07, 6.45) is 1.94. The smallest absolute Gasteiger partial charge is 0.0834 e. The second kappa shape index (κ2) is 5.28. The molecular weight excluding hydrogens is 200 g/mol. The first-order valence-corrected chi connectivity index (χ1v) is 8.90. The first-order chi connectivity index (χ1) is 7.04. The molecule has 15 heavy (non-hydrogen) atoms. The standard InChI is InChI=1S/C13H20OSi/c1-5-13(15(2,3)4)14-11-12-9-7-6-8-10-12/h5-10,13H,1,11H2,2-4H3. The van der Waals surface area contributed by atoms with Crippen molar-refractivity contribution in [3.63, 3.8) is 0 Å². The molecule has 0 bridgehead atoms. The van der Waals surface area contributed by atoms with E-state index in [2.05, 4.69) is 38.4 Å². The molecule has 0 aromatic heterocycles. The number of hydrogen-bond acceptors (Lipinski definition) is 1. The Morgan fingerprint density at radius 1 is 1.27 bits per heavy atom. The molecule has 0 aliphatic rings. The van der Waals surface area contributed by atoms with Crippen molar-refractivity contribution < 1.29 is 4.74 Å². The first-order valence-electron chi connectivity index (χ1n) is 5.32. The lowest BCUT2D eigenvalue weighted by atomic mass is 10.2. The Kier molecular flexibility index (Phi) is 4.30. The molecule has 1 aromatic rings. The van der Waals surface area contributed by atoms with Gasteiger partial charge in [-0.1, -0.05) is 56.0 Å². The third-order valence-corrected chi connectivity index (χ3v) is 4.45. The van der Waals surface area contributed by atoms with Gasteiger partial charge in [0, 0.05) is 0 Å². The summed E-state index contributed by atoms with van der Waals surface area (Å²) in [5, 5.41) is 0. The maximum atomic E-state index is 5.89. The molecule has 0 fully saturated rings. The molecule has 1 rings (SSSR count). The molecule has 1 aromatic carbocycles.